The van der Waals surface area contributed by atoms with Gasteiger partial charge in [-0.3, -0.25) is 9.36 Å². The van der Waals surface area contributed by atoms with E-state index in [1.165, 1.54) is 12.1 Å². The summed E-state index contributed by atoms with van der Waals surface area (Å²) in [6.07, 6.45) is 0.936. The number of anilines is 2. The molecule has 0 aliphatic heterocycles. The van der Waals surface area contributed by atoms with E-state index in [2.05, 4.69) is 19.2 Å². The largest absolute Gasteiger partial charge is 0.508 e. The predicted molar refractivity (Wildman–Crippen MR) is 153 cm³/mol. The molecule has 3 aromatic carbocycles. The highest BCUT2D eigenvalue weighted by Crippen LogP contribution is 2.50. The summed E-state index contributed by atoms with van der Waals surface area (Å²) in [6, 6.07) is 22.9. The van der Waals surface area contributed by atoms with E-state index in [4.69, 9.17) is 10.3 Å². The molecule has 0 aliphatic carbocycles. The number of carbonyl (C=O) groups excluding carboxylic acids is 1. The lowest BCUT2D eigenvalue weighted by molar-refractivity contribution is 0.102. The highest BCUT2D eigenvalue weighted by atomic mass is 32.1. The molecule has 1 amide bonds. The number of rotatable bonds is 10. The lowest BCUT2D eigenvalue weighted by Gasteiger charge is -2.20. The zero-order chi connectivity index (χ0) is 26.4. The van der Waals surface area contributed by atoms with Gasteiger partial charge in [0, 0.05) is 15.7 Å². The van der Waals surface area contributed by atoms with Gasteiger partial charge in [0.1, 0.15) is 5.75 Å². The minimum Gasteiger partial charge on any atom is -0.508 e. The van der Waals surface area contributed by atoms with Crippen LogP contribution in [0.2, 0.25) is 0 Å². The molecule has 1 atom stereocenters. The van der Waals surface area contributed by atoms with Crippen molar-refractivity contribution in [3.8, 4) is 16.2 Å². The number of phenols is 1. The quantitative estimate of drug-likeness (QED) is 0.149. The summed E-state index contributed by atoms with van der Waals surface area (Å²) in [6.45, 7) is 4.52. The molecule has 0 bridgehead atoms. The fourth-order valence-electron chi connectivity index (χ4n) is 3.81. The van der Waals surface area contributed by atoms with Crippen molar-refractivity contribution in [2.24, 2.45) is 5.92 Å². The van der Waals surface area contributed by atoms with Gasteiger partial charge in [0.05, 0.1) is 24.1 Å². The Bertz CT molecular complexity index is 1400. The highest BCUT2D eigenvalue weighted by Gasteiger charge is 2.27. The van der Waals surface area contributed by atoms with Crippen LogP contribution >= 0.6 is 18.7 Å². The van der Waals surface area contributed by atoms with Gasteiger partial charge in [-0.05, 0) is 77.4 Å². The number of phenolic OH excluding ortho intramolecular Hbond substituents is 1. The number of nitrogens with two attached hydrogens (primary N) is 1. The predicted octanol–water partition coefficient (Wildman–Crippen LogP) is 7.12. The first-order chi connectivity index (χ1) is 17.7. The second-order valence-corrected chi connectivity index (χ2v) is 12.7. The minimum atomic E-state index is -3.28. The Morgan fingerprint density at radius 1 is 1.05 bits per heavy atom. The van der Waals surface area contributed by atoms with Crippen molar-refractivity contribution in [3.05, 3.63) is 95.4 Å². The number of hydrogen-bond acceptors (Lipinski definition) is 6. The Morgan fingerprint density at radius 2 is 1.84 bits per heavy atom. The first-order valence-electron chi connectivity index (χ1n) is 12.1. The van der Waals surface area contributed by atoms with Crippen molar-refractivity contribution in [1.82, 2.24) is 0 Å². The maximum absolute atomic E-state index is 13.9. The van der Waals surface area contributed by atoms with E-state index in [1.807, 2.05) is 29.6 Å². The van der Waals surface area contributed by atoms with Gasteiger partial charge in [-0.1, -0.05) is 44.2 Å². The fraction of sp³-hybridized carbons (Fsp3) is 0.207. The molecule has 0 saturated heterocycles. The van der Waals surface area contributed by atoms with Gasteiger partial charge in [-0.2, -0.15) is 0 Å². The van der Waals surface area contributed by atoms with Crippen LogP contribution in [-0.2, 0) is 15.3 Å². The monoisotopic (exact) mass is 534 g/mol. The molecule has 0 fully saturated rings. The number of thiophene rings is 1. The molecule has 0 aliphatic rings. The lowest BCUT2D eigenvalue weighted by Crippen LogP contribution is -2.14. The van der Waals surface area contributed by atoms with Gasteiger partial charge in [0.15, 0.2) is 0 Å². The van der Waals surface area contributed by atoms with E-state index < -0.39 is 7.37 Å². The highest BCUT2D eigenvalue weighted by molar-refractivity contribution is 7.66. The average Bonchev–Trinajstić information content (AvgIpc) is 3.41. The zero-order valence-corrected chi connectivity index (χ0v) is 22.6. The molecule has 1 heterocycles. The van der Waals surface area contributed by atoms with E-state index in [9.17, 15) is 14.5 Å². The number of aromatic hydroxyl groups is 1. The van der Waals surface area contributed by atoms with Crippen LogP contribution in [0.25, 0.3) is 10.4 Å². The topological polar surface area (TPSA) is 102 Å². The summed E-state index contributed by atoms with van der Waals surface area (Å²) in [5, 5.41) is 15.3. The van der Waals surface area contributed by atoms with Crippen molar-refractivity contribution in [1.29, 1.82) is 0 Å². The Morgan fingerprint density at radius 3 is 2.51 bits per heavy atom. The molecule has 1 unspecified atom stereocenters. The summed E-state index contributed by atoms with van der Waals surface area (Å²) >= 11 is 1.62. The molecule has 8 heteroatoms. The van der Waals surface area contributed by atoms with Gasteiger partial charge in [0.2, 0.25) is 7.37 Å². The number of benzene rings is 3. The number of hydrogen-bond donors (Lipinski definition) is 3. The number of amides is 1. The van der Waals surface area contributed by atoms with Gasteiger partial charge < -0.3 is 20.7 Å². The molecule has 192 valence electrons. The molecule has 4 rings (SSSR count). The van der Waals surface area contributed by atoms with Crippen molar-refractivity contribution >= 4 is 41.3 Å². The van der Waals surface area contributed by atoms with Crippen LogP contribution in [0.1, 0.15) is 36.2 Å². The van der Waals surface area contributed by atoms with Crippen molar-refractivity contribution in [3.63, 3.8) is 0 Å². The first kappa shape index (κ1) is 26.7. The molecular formula is C29H31N2O4PS. The van der Waals surface area contributed by atoms with E-state index in [0.29, 0.717) is 34.8 Å². The van der Waals surface area contributed by atoms with Gasteiger partial charge in [0.25, 0.3) is 5.91 Å². The van der Waals surface area contributed by atoms with Gasteiger partial charge in [-0.25, -0.2) is 0 Å². The third-order valence-corrected chi connectivity index (χ3v) is 9.30. The summed E-state index contributed by atoms with van der Waals surface area (Å²) in [7, 11) is -3.28. The molecule has 0 radical (unpaired) electrons. The van der Waals surface area contributed by atoms with Crippen LogP contribution in [0.5, 0.6) is 5.75 Å². The average molecular weight is 535 g/mol. The lowest BCUT2D eigenvalue weighted by atomic mass is 10.1. The second kappa shape index (κ2) is 11.8. The van der Waals surface area contributed by atoms with Crippen molar-refractivity contribution < 1.29 is 19.0 Å². The molecule has 0 saturated carbocycles. The maximum Gasteiger partial charge on any atom is 0.255 e. The molecule has 4 aromatic rings. The van der Waals surface area contributed by atoms with Crippen LogP contribution in [0, 0.1) is 5.92 Å². The smallest absolute Gasteiger partial charge is 0.255 e. The van der Waals surface area contributed by atoms with E-state index in [0.717, 1.165) is 22.4 Å². The van der Waals surface area contributed by atoms with E-state index in [1.54, 1.807) is 53.8 Å². The normalized spacial score (nSPS) is 12.8. The number of nitrogens with one attached hydrogen (secondary N) is 1. The summed E-state index contributed by atoms with van der Waals surface area (Å²) in [5.74, 6) is 0.168. The number of carbonyl (C=O) groups is 1. The van der Waals surface area contributed by atoms with E-state index >= 15 is 0 Å². The summed E-state index contributed by atoms with van der Waals surface area (Å²) in [4.78, 5) is 14.0. The Labute approximate surface area is 221 Å². The van der Waals surface area contributed by atoms with E-state index in [-0.39, 0.29) is 17.8 Å². The van der Waals surface area contributed by atoms with Crippen LogP contribution in [0.3, 0.4) is 0 Å². The standard InChI is InChI=1S/C29H31N2O4PS/c1-20(2)14-15-35-36(34,25-6-3-5-24(32)18-25)19-21-8-10-22(11-9-21)29(33)31-27-17-23(12-13-26(27)30)28-7-4-16-37-28/h3-13,16-18,20,32H,14-15,19,30H2,1-2H3,(H,31,33). The molecule has 37 heavy (non-hydrogen) atoms. The summed E-state index contributed by atoms with van der Waals surface area (Å²) in [5.41, 5.74) is 9.35. The molecule has 0 spiro atoms. The summed E-state index contributed by atoms with van der Waals surface area (Å²) < 4.78 is 19.9. The van der Waals surface area contributed by atoms with Crippen molar-refractivity contribution in [2.45, 2.75) is 26.4 Å². The Balaban J connectivity index is 1.50. The van der Waals surface area contributed by atoms with Gasteiger partial charge >= 0.3 is 0 Å². The molecular weight excluding hydrogens is 503 g/mol. The number of nitrogen functional groups attached to an aromatic ring is 1. The van der Waals surface area contributed by atoms with Crippen molar-refractivity contribution in [2.75, 3.05) is 17.7 Å². The Hall–Kier alpha value is -3.38. The van der Waals surface area contributed by atoms with Crippen LogP contribution in [0.4, 0.5) is 11.4 Å². The van der Waals surface area contributed by atoms with Crippen LogP contribution < -0.4 is 16.4 Å². The minimum absolute atomic E-state index is 0.0413. The zero-order valence-electron chi connectivity index (χ0n) is 20.9. The van der Waals surface area contributed by atoms with Crippen LogP contribution in [0.15, 0.2) is 84.2 Å². The first-order valence-corrected chi connectivity index (χ1v) is 14.8. The molecule has 4 N–H and O–H groups in total. The third kappa shape index (κ3) is 6.89. The second-order valence-electron chi connectivity index (χ2n) is 9.30. The molecule has 6 nitrogen and oxygen atoms in total. The fourth-order valence-corrected chi connectivity index (χ4v) is 6.69. The SMILES string of the molecule is CC(C)CCOP(=O)(Cc1ccc(C(=O)Nc2cc(-c3cccs3)ccc2N)cc1)c1cccc(O)c1. The van der Waals surface area contributed by atoms with Gasteiger partial charge in [-0.15, -0.1) is 11.3 Å². The maximum atomic E-state index is 13.9. The van der Waals surface area contributed by atoms with Crippen LogP contribution in [-0.4, -0.2) is 17.6 Å². The third-order valence-electron chi connectivity index (χ3n) is 5.93. The Kier molecular flexibility index (Phi) is 8.49. The molecule has 1 aromatic heterocycles.